The summed E-state index contributed by atoms with van der Waals surface area (Å²) in [4.78, 5) is 23.7. The lowest BCUT2D eigenvalue weighted by atomic mass is 9.81. The number of aliphatic hydroxyl groups is 1. The second kappa shape index (κ2) is 9.74. The molecule has 1 aliphatic rings. The van der Waals surface area contributed by atoms with Gasteiger partial charge >= 0.3 is 13.2 Å². The van der Waals surface area contributed by atoms with Gasteiger partial charge in [-0.2, -0.15) is 0 Å². The van der Waals surface area contributed by atoms with Crippen LogP contribution in [0.15, 0.2) is 30.3 Å². The molecule has 1 aromatic rings. The molecule has 0 saturated carbocycles. The molecular weight excluding hydrogens is 373 g/mol. The zero-order valence-electron chi connectivity index (χ0n) is 17.8. The van der Waals surface area contributed by atoms with Gasteiger partial charge in [-0.15, -0.1) is 0 Å². The summed E-state index contributed by atoms with van der Waals surface area (Å²) >= 11 is 0. The number of amides is 1. The summed E-state index contributed by atoms with van der Waals surface area (Å²) < 4.78 is 17.1. The molecule has 1 saturated heterocycles. The summed E-state index contributed by atoms with van der Waals surface area (Å²) in [6, 6.07) is 9.24. The number of alkyl carbamates (subject to hydrolysis) is 1. The first-order chi connectivity index (χ1) is 13.6. The van der Waals surface area contributed by atoms with Crippen LogP contribution in [0.5, 0.6) is 0 Å². The zero-order chi connectivity index (χ0) is 21.5. The van der Waals surface area contributed by atoms with Crippen molar-refractivity contribution < 1.29 is 28.7 Å². The molecule has 1 unspecified atom stereocenters. The van der Waals surface area contributed by atoms with Crippen LogP contribution >= 0.6 is 0 Å². The topological polar surface area (TPSA) is 94.1 Å². The Bertz CT molecular complexity index is 665. The average Bonchev–Trinajstić information content (AvgIpc) is 2.90. The van der Waals surface area contributed by atoms with Gasteiger partial charge in [0.2, 0.25) is 0 Å². The summed E-state index contributed by atoms with van der Waals surface area (Å²) in [5, 5.41) is 12.2. The van der Waals surface area contributed by atoms with Crippen LogP contribution in [0.1, 0.15) is 52.5 Å². The lowest BCUT2D eigenvalue weighted by Gasteiger charge is -2.32. The number of aldehydes is 1. The van der Waals surface area contributed by atoms with E-state index in [2.05, 4.69) is 5.32 Å². The standard InChI is InChI=1S/C21H32BNO6/c1-19(2)20(3,4)29-22(28-19)13-9-8-12-21(15-24,16-25)23-18(26)27-14-17-10-6-5-7-11-17/h5-7,10-11,15,25H,8-9,12-14,16H2,1-4H3,(H,23,26). The zero-order valence-corrected chi connectivity index (χ0v) is 17.8. The normalized spacial score (nSPS) is 19.4. The van der Waals surface area contributed by atoms with Crippen molar-refractivity contribution in [2.75, 3.05) is 6.61 Å². The molecule has 0 radical (unpaired) electrons. The fourth-order valence-corrected chi connectivity index (χ4v) is 3.10. The predicted molar refractivity (Wildman–Crippen MR) is 110 cm³/mol. The van der Waals surface area contributed by atoms with Gasteiger partial charge in [0.15, 0.2) is 0 Å². The Morgan fingerprint density at radius 3 is 2.34 bits per heavy atom. The number of carbonyl (C=O) groups excluding carboxylic acids is 2. The number of nitrogens with one attached hydrogen (secondary N) is 1. The van der Waals surface area contributed by atoms with Crippen molar-refractivity contribution in [2.24, 2.45) is 0 Å². The third-order valence-electron chi connectivity index (χ3n) is 5.69. The molecule has 1 fully saturated rings. The first-order valence-corrected chi connectivity index (χ1v) is 10.0. The molecule has 160 valence electrons. The molecule has 1 amide bonds. The van der Waals surface area contributed by atoms with Gasteiger partial charge in [0.25, 0.3) is 0 Å². The Morgan fingerprint density at radius 1 is 1.17 bits per heavy atom. The molecule has 1 heterocycles. The van der Waals surface area contributed by atoms with Crippen LogP contribution in [-0.2, 0) is 25.4 Å². The molecule has 2 N–H and O–H groups in total. The summed E-state index contributed by atoms with van der Waals surface area (Å²) in [6.07, 6.45) is 2.15. The first kappa shape index (κ1) is 23.4. The molecule has 0 aliphatic carbocycles. The summed E-state index contributed by atoms with van der Waals surface area (Å²) in [5.74, 6) is 0. The molecule has 1 atom stereocenters. The third-order valence-corrected chi connectivity index (χ3v) is 5.69. The smallest absolute Gasteiger partial charge is 0.445 e. The maximum atomic E-state index is 12.1. The van der Waals surface area contributed by atoms with E-state index in [4.69, 9.17) is 14.0 Å². The number of carbonyl (C=O) groups is 2. The van der Waals surface area contributed by atoms with E-state index in [9.17, 15) is 14.7 Å². The van der Waals surface area contributed by atoms with Gasteiger partial charge < -0.3 is 29.3 Å². The van der Waals surface area contributed by atoms with E-state index in [1.54, 1.807) is 0 Å². The largest absolute Gasteiger partial charge is 0.457 e. The minimum absolute atomic E-state index is 0.0922. The number of rotatable bonds is 10. The first-order valence-electron chi connectivity index (χ1n) is 10.0. The van der Waals surface area contributed by atoms with E-state index in [-0.39, 0.29) is 24.9 Å². The number of benzene rings is 1. The van der Waals surface area contributed by atoms with Gasteiger partial charge in [-0.3, -0.25) is 0 Å². The molecule has 2 rings (SSSR count). The van der Waals surface area contributed by atoms with Gasteiger partial charge in [0.05, 0.1) is 17.8 Å². The Balaban J connectivity index is 1.78. The van der Waals surface area contributed by atoms with E-state index in [0.717, 1.165) is 12.0 Å². The Morgan fingerprint density at radius 2 is 1.79 bits per heavy atom. The molecule has 1 aromatic carbocycles. The Hall–Kier alpha value is -1.90. The Labute approximate surface area is 173 Å². The minimum Gasteiger partial charge on any atom is -0.445 e. The molecule has 0 spiro atoms. The van der Waals surface area contributed by atoms with Crippen molar-refractivity contribution in [1.29, 1.82) is 0 Å². The quantitative estimate of drug-likeness (QED) is 0.353. The number of unbranched alkanes of at least 4 members (excludes halogenated alkanes) is 1. The second-order valence-corrected chi connectivity index (χ2v) is 8.55. The minimum atomic E-state index is -1.36. The molecule has 0 aromatic heterocycles. The van der Waals surface area contributed by atoms with Crippen LogP contribution in [0.3, 0.4) is 0 Å². The number of hydrogen-bond donors (Lipinski definition) is 2. The Kier molecular flexibility index (Phi) is 7.85. The lowest BCUT2D eigenvalue weighted by Crippen LogP contribution is -2.53. The molecule has 7 nitrogen and oxygen atoms in total. The van der Waals surface area contributed by atoms with E-state index in [0.29, 0.717) is 25.4 Å². The van der Waals surface area contributed by atoms with E-state index in [1.165, 1.54) is 0 Å². The van der Waals surface area contributed by atoms with Crippen LogP contribution in [0.25, 0.3) is 0 Å². The molecule has 8 heteroatoms. The number of hydrogen-bond acceptors (Lipinski definition) is 6. The highest BCUT2D eigenvalue weighted by molar-refractivity contribution is 6.45. The van der Waals surface area contributed by atoms with Crippen LogP contribution in [0, 0.1) is 0 Å². The summed E-state index contributed by atoms with van der Waals surface area (Å²) in [5.41, 5.74) is -1.27. The monoisotopic (exact) mass is 405 g/mol. The molecule has 0 bridgehead atoms. The number of ether oxygens (including phenoxy) is 1. The lowest BCUT2D eigenvalue weighted by molar-refractivity contribution is -0.115. The van der Waals surface area contributed by atoms with E-state index >= 15 is 0 Å². The van der Waals surface area contributed by atoms with Crippen LogP contribution in [-0.4, -0.2) is 48.0 Å². The van der Waals surface area contributed by atoms with E-state index in [1.807, 2.05) is 58.0 Å². The fourth-order valence-electron chi connectivity index (χ4n) is 3.10. The van der Waals surface area contributed by atoms with Crippen molar-refractivity contribution in [1.82, 2.24) is 5.32 Å². The van der Waals surface area contributed by atoms with Gasteiger partial charge in [-0.1, -0.05) is 43.2 Å². The van der Waals surface area contributed by atoms with E-state index < -0.39 is 18.2 Å². The number of aliphatic hydroxyl groups excluding tert-OH is 1. The molecular formula is C21H32BNO6. The van der Waals surface area contributed by atoms with Crippen molar-refractivity contribution in [2.45, 2.75) is 76.6 Å². The SMILES string of the molecule is CC1(C)OB(CCCCC(C=O)(CO)NC(=O)OCc2ccccc2)OC1(C)C. The highest BCUT2D eigenvalue weighted by Gasteiger charge is 2.50. The van der Waals surface area contributed by atoms with Crippen molar-refractivity contribution in [3.63, 3.8) is 0 Å². The van der Waals surface area contributed by atoms with Crippen LogP contribution in [0.2, 0.25) is 6.32 Å². The van der Waals surface area contributed by atoms with Crippen LogP contribution < -0.4 is 5.32 Å². The third kappa shape index (κ3) is 6.29. The summed E-state index contributed by atoms with van der Waals surface area (Å²) in [6.45, 7) is 7.60. The summed E-state index contributed by atoms with van der Waals surface area (Å²) in [7, 11) is -0.302. The maximum absolute atomic E-state index is 12.1. The van der Waals surface area contributed by atoms with Crippen LogP contribution in [0.4, 0.5) is 4.79 Å². The average molecular weight is 405 g/mol. The second-order valence-electron chi connectivity index (χ2n) is 8.55. The highest BCUT2D eigenvalue weighted by atomic mass is 16.7. The van der Waals surface area contributed by atoms with Crippen molar-refractivity contribution >= 4 is 19.5 Å². The van der Waals surface area contributed by atoms with Crippen molar-refractivity contribution in [3.8, 4) is 0 Å². The maximum Gasteiger partial charge on any atom is 0.457 e. The molecule has 1 aliphatic heterocycles. The van der Waals surface area contributed by atoms with Gasteiger partial charge in [0, 0.05) is 0 Å². The fraction of sp³-hybridized carbons (Fsp3) is 0.619. The molecule has 29 heavy (non-hydrogen) atoms. The van der Waals surface area contributed by atoms with Gasteiger partial charge in [-0.25, -0.2) is 4.79 Å². The predicted octanol–water partition coefficient (Wildman–Crippen LogP) is 3.11. The van der Waals surface area contributed by atoms with Crippen molar-refractivity contribution in [3.05, 3.63) is 35.9 Å². The van der Waals surface area contributed by atoms with Gasteiger partial charge in [-0.05, 0) is 46.0 Å². The highest BCUT2D eigenvalue weighted by Crippen LogP contribution is 2.38. The van der Waals surface area contributed by atoms with Gasteiger partial charge in [0.1, 0.15) is 18.4 Å².